The maximum Gasteiger partial charge on any atom is 0.252 e. The van der Waals surface area contributed by atoms with E-state index in [1.807, 2.05) is 42.5 Å². The number of amides is 1. The molecule has 1 saturated heterocycles. The summed E-state index contributed by atoms with van der Waals surface area (Å²) in [6.07, 6.45) is 2.18. The SMILES string of the molecule is O=C(NC1CCCNC1)c1cccc2ccccc12. The van der Waals surface area contributed by atoms with Crippen molar-refractivity contribution in [3.63, 3.8) is 0 Å². The highest BCUT2D eigenvalue weighted by molar-refractivity contribution is 6.07. The van der Waals surface area contributed by atoms with Gasteiger partial charge < -0.3 is 10.6 Å². The third-order valence-corrected chi connectivity index (χ3v) is 3.67. The van der Waals surface area contributed by atoms with Crippen molar-refractivity contribution in [2.24, 2.45) is 0 Å². The summed E-state index contributed by atoms with van der Waals surface area (Å²) in [4.78, 5) is 12.4. The van der Waals surface area contributed by atoms with Gasteiger partial charge in [-0.25, -0.2) is 0 Å². The Morgan fingerprint density at radius 2 is 2.00 bits per heavy atom. The van der Waals surface area contributed by atoms with E-state index in [4.69, 9.17) is 0 Å². The van der Waals surface area contributed by atoms with Gasteiger partial charge in [-0.15, -0.1) is 0 Å². The maximum absolute atomic E-state index is 12.4. The predicted molar refractivity (Wildman–Crippen MR) is 77.3 cm³/mol. The zero-order valence-corrected chi connectivity index (χ0v) is 10.9. The van der Waals surface area contributed by atoms with Gasteiger partial charge in [-0.1, -0.05) is 36.4 Å². The lowest BCUT2D eigenvalue weighted by Crippen LogP contribution is -2.45. The van der Waals surface area contributed by atoms with Gasteiger partial charge >= 0.3 is 0 Å². The van der Waals surface area contributed by atoms with Crippen molar-refractivity contribution in [2.45, 2.75) is 18.9 Å². The molecule has 3 heteroatoms. The van der Waals surface area contributed by atoms with Gasteiger partial charge in [0.05, 0.1) is 0 Å². The lowest BCUT2D eigenvalue weighted by molar-refractivity contribution is 0.0932. The Labute approximate surface area is 113 Å². The van der Waals surface area contributed by atoms with E-state index >= 15 is 0 Å². The molecule has 1 aliphatic rings. The molecule has 3 rings (SSSR count). The van der Waals surface area contributed by atoms with Gasteiger partial charge in [0.1, 0.15) is 0 Å². The summed E-state index contributed by atoms with van der Waals surface area (Å²) >= 11 is 0. The van der Waals surface area contributed by atoms with E-state index in [1.165, 1.54) is 0 Å². The van der Waals surface area contributed by atoms with Crippen LogP contribution in [-0.2, 0) is 0 Å². The fraction of sp³-hybridized carbons (Fsp3) is 0.312. The van der Waals surface area contributed by atoms with Crippen molar-refractivity contribution in [1.82, 2.24) is 10.6 Å². The quantitative estimate of drug-likeness (QED) is 0.863. The van der Waals surface area contributed by atoms with Crippen LogP contribution in [0.15, 0.2) is 42.5 Å². The number of nitrogens with one attached hydrogen (secondary N) is 2. The van der Waals surface area contributed by atoms with Crippen LogP contribution in [0.3, 0.4) is 0 Å². The molecule has 0 spiro atoms. The first kappa shape index (κ1) is 12.2. The zero-order chi connectivity index (χ0) is 13.1. The molecule has 0 radical (unpaired) electrons. The van der Waals surface area contributed by atoms with E-state index < -0.39 is 0 Å². The third kappa shape index (κ3) is 2.61. The fourth-order valence-corrected chi connectivity index (χ4v) is 2.66. The summed E-state index contributed by atoms with van der Waals surface area (Å²) in [6.45, 7) is 1.93. The molecule has 0 aromatic heterocycles. The summed E-state index contributed by atoms with van der Waals surface area (Å²) in [5.74, 6) is 0.0329. The summed E-state index contributed by atoms with van der Waals surface area (Å²) in [5, 5.41) is 8.57. The van der Waals surface area contributed by atoms with Gasteiger partial charge in [-0.2, -0.15) is 0 Å². The standard InChI is InChI=1S/C16H18N2O/c19-16(18-13-7-4-10-17-11-13)15-9-3-6-12-5-1-2-8-14(12)15/h1-3,5-6,8-9,13,17H,4,7,10-11H2,(H,18,19). The number of piperidine rings is 1. The Balaban J connectivity index is 1.85. The normalized spacial score (nSPS) is 19.3. The van der Waals surface area contributed by atoms with Crippen LogP contribution in [0.2, 0.25) is 0 Å². The highest BCUT2D eigenvalue weighted by Crippen LogP contribution is 2.18. The molecule has 2 aromatic rings. The number of carbonyl (C=O) groups is 1. The fourth-order valence-electron chi connectivity index (χ4n) is 2.66. The molecule has 2 N–H and O–H groups in total. The molecule has 3 nitrogen and oxygen atoms in total. The van der Waals surface area contributed by atoms with Crippen molar-refractivity contribution >= 4 is 16.7 Å². The maximum atomic E-state index is 12.4. The van der Waals surface area contributed by atoms with E-state index in [1.54, 1.807) is 0 Å². The van der Waals surface area contributed by atoms with E-state index in [2.05, 4.69) is 10.6 Å². The first-order valence-electron chi connectivity index (χ1n) is 6.84. The molecule has 1 amide bonds. The number of benzene rings is 2. The third-order valence-electron chi connectivity index (χ3n) is 3.67. The average molecular weight is 254 g/mol. The highest BCUT2D eigenvalue weighted by atomic mass is 16.1. The Morgan fingerprint density at radius 3 is 2.84 bits per heavy atom. The Kier molecular flexibility index (Phi) is 3.47. The van der Waals surface area contributed by atoms with E-state index in [9.17, 15) is 4.79 Å². The Morgan fingerprint density at radius 1 is 1.16 bits per heavy atom. The molecule has 0 saturated carbocycles. The molecule has 1 heterocycles. The molecule has 0 aliphatic carbocycles. The lowest BCUT2D eigenvalue weighted by atomic mass is 10.0. The lowest BCUT2D eigenvalue weighted by Gasteiger charge is -2.24. The van der Waals surface area contributed by atoms with E-state index in [-0.39, 0.29) is 11.9 Å². The second-order valence-electron chi connectivity index (χ2n) is 5.04. The van der Waals surface area contributed by atoms with Crippen molar-refractivity contribution in [2.75, 3.05) is 13.1 Å². The second-order valence-corrected chi connectivity index (χ2v) is 5.04. The summed E-state index contributed by atoms with van der Waals surface area (Å²) < 4.78 is 0. The Bertz CT molecular complexity index is 583. The molecule has 98 valence electrons. The van der Waals surface area contributed by atoms with Gasteiger partial charge in [0, 0.05) is 18.2 Å². The number of fused-ring (bicyclic) bond motifs is 1. The summed E-state index contributed by atoms with van der Waals surface area (Å²) in [6, 6.07) is 14.1. The highest BCUT2D eigenvalue weighted by Gasteiger charge is 2.17. The van der Waals surface area contributed by atoms with Crippen molar-refractivity contribution in [1.29, 1.82) is 0 Å². The van der Waals surface area contributed by atoms with Crippen molar-refractivity contribution in [3.05, 3.63) is 48.0 Å². The Hall–Kier alpha value is -1.87. The first-order chi connectivity index (χ1) is 9.34. The van der Waals surface area contributed by atoms with Crippen LogP contribution >= 0.6 is 0 Å². The minimum absolute atomic E-state index is 0.0329. The molecule has 19 heavy (non-hydrogen) atoms. The number of carbonyl (C=O) groups excluding carboxylic acids is 1. The van der Waals surface area contributed by atoms with Crippen molar-refractivity contribution in [3.8, 4) is 0 Å². The second kappa shape index (κ2) is 5.41. The van der Waals surface area contributed by atoms with Crippen LogP contribution in [-0.4, -0.2) is 25.0 Å². The van der Waals surface area contributed by atoms with Crippen molar-refractivity contribution < 1.29 is 4.79 Å². The minimum Gasteiger partial charge on any atom is -0.348 e. The molecule has 1 fully saturated rings. The van der Waals surface area contributed by atoms with Gasteiger partial charge in [0.15, 0.2) is 0 Å². The van der Waals surface area contributed by atoms with Gasteiger partial charge in [-0.05, 0) is 36.2 Å². The zero-order valence-electron chi connectivity index (χ0n) is 10.9. The smallest absolute Gasteiger partial charge is 0.252 e. The predicted octanol–water partition coefficient (Wildman–Crippen LogP) is 2.32. The number of hydrogen-bond acceptors (Lipinski definition) is 2. The van der Waals surface area contributed by atoms with Crippen LogP contribution in [0, 0.1) is 0 Å². The summed E-state index contributed by atoms with van der Waals surface area (Å²) in [5.41, 5.74) is 0.767. The van der Waals surface area contributed by atoms with Crippen LogP contribution in [0.1, 0.15) is 23.2 Å². The van der Waals surface area contributed by atoms with Gasteiger partial charge in [0.25, 0.3) is 5.91 Å². The molecule has 2 aromatic carbocycles. The van der Waals surface area contributed by atoms with E-state index in [0.29, 0.717) is 0 Å². The molecule has 1 atom stereocenters. The first-order valence-corrected chi connectivity index (χ1v) is 6.84. The average Bonchev–Trinajstić information content (AvgIpc) is 2.47. The van der Waals surface area contributed by atoms with Crippen LogP contribution in [0.4, 0.5) is 0 Å². The monoisotopic (exact) mass is 254 g/mol. The molecule has 1 unspecified atom stereocenters. The van der Waals surface area contributed by atoms with Crippen LogP contribution in [0.5, 0.6) is 0 Å². The molecule has 1 aliphatic heterocycles. The minimum atomic E-state index is 0.0329. The number of rotatable bonds is 2. The molecular weight excluding hydrogens is 236 g/mol. The van der Waals surface area contributed by atoms with Crippen LogP contribution < -0.4 is 10.6 Å². The largest absolute Gasteiger partial charge is 0.348 e. The van der Waals surface area contributed by atoms with Crippen LogP contribution in [0.25, 0.3) is 10.8 Å². The van der Waals surface area contributed by atoms with Gasteiger partial charge in [0.2, 0.25) is 0 Å². The molecular formula is C16H18N2O. The topological polar surface area (TPSA) is 41.1 Å². The summed E-state index contributed by atoms with van der Waals surface area (Å²) in [7, 11) is 0. The van der Waals surface area contributed by atoms with E-state index in [0.717, 1.165) is 42.3 Å². The molecule has 0 bridgehead atoms. The van der Waals surface area contributed by atoms with Gasteiger partial charge in [-0.3, -0.25) is 4.79 Å². The number of hydrogen-bond donors (Lipinski definition) is 2.